The van der Waals surface area contributed by atoms with Gasteiger partial charge in [-0.2, -0.15) is 0 Å². The molecule has 1 amide bonds. The Bertz CT molecular complexity index is 1150. The van der Waals surface area contributed by atoms with Gasteiger partial charge < -0.3 is 19.7 Å². The molecule has 0 radical (unpaired) electrons. The van der Waals surface area contributed by atoms with E-state index in [0.29, 0.717) is 42.8 Å². The number of ether oxygens (including phenoxy) is 1. The Morgan fingerprint density at radius 1 is 1.07 bits per heavy atom. The first kappa shape index (κ1) is 17.6. The minimum atomic E-state index is -0.960. The molecule has 0 bridgehead atoms. The van der Waals surface area contributed by atoms with Crippen molar-refractivity contribution in [2.75, 3.05) is 13.1 Å². The van der Waals surface area contributed by atoms with Gasteiger partial charge in [0.05, 0.1) is 5.57 Å². The fraction of sp³-hybridized carbons (Fsp3) is 0.217. The number of nitrogens with zero attached hydrogens (tertiary/aromatic N) is 1. The van der Waals surface area contributed by atoms with Crippen LogP contribution in [0.2, 0.25) is 0 Å². The van der Waals surface area contributed by atoms with Crippen molar-refractivity contribution in [1.82, 2.24) is 9.88 Å². The predicted octanol–water partition coefficient (Wildman–Crippen LogP) is 3.70. The largest absolute Gasteiger partial charge is 0.482 e. The summed E-state index contributed by atoms with van der Waals surface area (Å²) in [7, 11) is 0. The number of H-pyrrole nitrogens is 1. The van der Waals surface area contributed by atoms with E-state index in [-0.39, 0.29) is 11.5 Å². The van der Waals surface area contributed by atoms with Crippen LogP contribution in [0.25, 0.3) is 16.5 Å². The number of carbonyl (C=O) groups excluding carboxylic acids is 1. The number of piperidine rings is 1. The second-order valence-corrected chi connectivity index (χ2v) is 7.60. The Morgan fingerprint density at radius 3 is 2.66 bits per heavy atom. The highest BCUT2D eigenvalue weighted by molar-refractivity contribution is 6.17. The minimum Gasteiger partial charge on any atom is -0.482 e. The molecule has 1 spiro atoms. The van der Waals surface area contributed by atoms with Gasteiger partial charge in [-0.3, -0.25) is 4.79 Å². The number of carboxylic acid groups (broad SMARTS) is 1. The summed E-state index contributed by atoms with van der Waals surface area (Å²) >= 11 is 0. The third-order valence-corrected chi connectivity index (χ3v) is 5.83. The van der Waals surface area contributed by atoms with Crippen LogP contribution in [0.5, 0.6) is 5.75 Å². The first-order chi connectivity index (χ1) is 14.0. The molecule has 5 rings (SSSR count). The normalized spacial score (nSPS) is 17.5. The van der Waals surface area contributed by atoms with Crippen LogP contribution in [0, 0.1) is 0 Å². The van der Waals surface area contributed by atoms with Gasteiger partial charge >= 0.3 is 5.97 Å². The molecule has 146 valence electrons. The number of aromatic nitrogens is 1. The Hall–Kier alpha value is -3.54. The van der Waals surface area contributed by atoms with Gasteiger partial charge in [0.15, 0.2) is 0 Å². The highest BCUT2D eigenvalue weighted by Crippen LogP contribution is 2.41. The summed E-state index contributed by atoms with van der Waals surface area (Å²) in [5, 5.41) is 10.7. The number of likely N-dealkylation sites (tertiary alicyclic amines) is 1. The molecule has 0 saturated carbocycles. The zero-order valence-corrected chi connectivity index (χ0v) is 15.7. The van der Waals surface area contributed by atoms with Gasteiger partial charge in [-0.05, 0) is 36.4 Å². The summed E-state index contributed by atoms with van der Waals surface area (Å²) in [6.07, 6.45) is 4.69. The van der Waals surface area contributed by atoms with Gasteiger partial charge in [0.1, 0.15) is 11.4 Å². The van der Waals surface area contributed by atoms with Crippen molar-refractivity contribution in [2.24, 2.45) is 0 Å². The lowest BCUT2D eigenvalue weighted by molar-refractivity contribution is -0.130. The Labute approximate surface area is 167 Å². The lowest BCUT2D eigenvalue weighted by Crippen LogP contribution is -2.50. The van der Waals surface area contributed by atoms with E-state index in [4.69, 9.17) is 4.74 Å². The van der Waals surface area contributed by atoms with Gasteiger partial charge in [-0.15, -0.1) is 0 Å². The zero-order valence-electron chi connectivity index (χ0n) is 15.7. The number of carboxylic acids is 1. The molecule has 3 aromatic rings. The predicted molar refractivity (Wildman–Crippen MR) is 109 cm³/mol. The molecule has 3 heterocycles. The number of nitrogens with one attached hydrogen (secondary N) is 1. The summed E-state index contributed by atoms with van der Waals surface area (Å²) in [5.74, 6) is -0.384. The van der Waals surface area contributed by atoms with Crippen molar-refractivity contribution in [1.29, 1.82) is 0 Å². The maximum absolute atomic E-state index is 13.0. The number of rotatable bonds is 2. The van der Waals surface area contributed by atoms with Crippen LogP contribution in [0.4, 0.5) is 0 Å². The van der Waals surface area contributed by atoms with E-state index in [1.165, 1.54) is 0 Å². The summed E-state index contributed by atoms with van der Waals surface area (Å²) in [5.41, 5.74) is 1.83. The topological polar surface area (TPSA) is 82.6 Å². The third kappa shape index (κ3) is 2.97. The number of amides is 1. The lowest BCUT2D eigenvalue weighted by Gasteiger charge is -2.42. The van der Waals surface area contributed by atoms with Crippen LogP contribution in [-0.4, -0.2) is 45.6 Å². The summed E-state index contributed by atoms with van der Waals surface area (Å²) in [4.78, 5) is 29.7. The maximum Gasteiger partial charge on any atom is 0.336 e. The number of aliphatic carboxylic acids is 1. The van der Waals surface area contributed by atoms with Crippen molar-refractivity contribution in [3.05, 3.63) is 71.9 Å². The molecule has 2 aliphatic rings. The van der Waals surface area contributed by atoms with E-state index in [1.807, 2.05) is 41.4 Å². The highest BCUT2D eigenvalue weighted by atomic mass is 16.5. The number of fused-ring (bicyclic) bond motifs is 2. The van der Waals surface area contributed by atoms with Crippen LogP contribution >= 0.6 is 0 Å². The monoisotopic (exact) mass is 388 g/mol. The summed E-state index contributed by atoms with van der Waals surface area (Å²) in [6, 6.07) is 14.8. The number of para-hydroxylation sites is 1. The minimum absolute atomic E-state index is 0.0124. The average molecular weight is 388 g/mol. The Balaban J connectivity index is 1.37. The van der Waals surface area contributed by atoms with Crippen molar-refractivity contribution in [2.45, 2.75) is 18.4 Å². The summed E-state index contributed by atoms with van der Waals surface area (Å²) in [6.45, 7) is 1.02. The smallest absolute Gasteiger partial charge is 0.336 e. The fourth-order valence-corrected chi connectivity index (χ4v) is 4.25. The molecule has 1 aromatic heterocycles. The SMILES string of the molecule is O=C(O)C1=CC2(CCN(C(=O)c3ccc4[nH]ccc4c3)CC2)Oc2ccccc21. The second kappa shape index (κ2) is 6.51. The lowest BCUT2D eigenvalue weighted by atomic mass is 9.84. The van der Waals surface area contributed by atoms with E-state index in [9.17, 15) is 14.7 Å². The number of carbonyl (C=O) groups is 2. The van der Waals surface area contributed by atoms with Crippen molar-refractivity contribution >= 4 is 28.4 Å². The van der Waals surface area contributed by atoms with Gasteiger partial charge in [-0.1, -0.05) is 18.2 Å². The first-order valence-electron chi connectivity index (χ1n) is 9.66. The molecule has 2 aliphatic heterocycles. The molecule has 0 atom stereocenters. The fourth-order valence-electron chi connectivity index (χ4n) is 4.25. The van der Waals surface area contributed by atoms with Crippen molar-refractivity contribution in [3.8, 4) is 5.75 Å². The van der Waals surface area contributed by atoms with Crippen molar-refractivity contribution in [3.63, 3.8) is 0 Å². The maximum atomic E-state index is 13.0. The number of hydrogen-bond donors (Lipinski definition) is 2. The highest BCUT2D eigenvalue weighted by Gasteiger charge is 2.41. The molecular formula is C23H20N2O4. The molecule has 1 fully saturated rings. The number of benzene rings is 2. The van der Waals surface area contributed by atoms with Crippen LogP contribution in [0.15, 0.2) is 60.8 Å². The molecule has 2 aromatic carbocycles. The van der Waals surface area contributed by atoms with E-state index in [2.05, 4.69) is 4.98 Å². The van der Waals surface area contributed by atoms with Crippen LogP contribution in [0.3, 0.4) is 0 Å². The third-order valence-electron chi connectivity index (χ3n) is 5.83. The second-order valence-electron chi connectivity index (χ2n) is 7.60. The quantitative estimate of drug-likeness (QED) is 0.701. The molecule has 1 saturated heterocycles. The molecule has 6 heteroatoms. The summed E-state index contributed by atoms with van der Waals surface area (Å²) < 4.78 is 6.24. The molecule has 29 heavy (non-hydrogen) atoms. The average Bonchev–Trinajstić information content (AvgIpc) is 3.21. The van der Waals surface area contributed by atoms with E-state index in [0.717, 1.165) is 10.9 Å². The van der Waals surface area contributed by atoms with E-state index >= 15 is 0 Å². The molecule has 0 unspecified atom stereocenters. The number of aromatic amines is 1. The Morgan fingerprint density at radius 2 is 1.86 bits per heavy atom. The van der Waals surface area contributed by atoms with Crippen LogP contribution in [0.1, 0.15) is 28.8 Å². The zero-order chi connectivity index (χ0) is 20.0. The van der Waals surface area contributed by atoms with Gasteiger partial charge in [-0.25, -0.2) is 4.79 Å². The molecule has 6 nitrogen and oxygen atoms in total. The van der Waals surface area contributed by atoms with Gasteiger partial charge in [0.25, 0.3) is 5.91 Å². The van der Waals surface area contributed by atoms with E-state index < -0.39 is 11.6 Å². The molecular weight excluding hydrogens is 368 g/mol. The molecule has 0 aliphatic carbocycles. The Kier molecular flexibility index (Phi) is 3.94. The van der Waals surface area contributed by atoms with Crippen molar-refractivity contribution < 1.29 is 19.4 Å². The van der Waals surface area contributed by atoms with E-state index in [1.54, 1.807) is 24.3 Å². The molecule has 2 N–H and O–H groups in total. The standard InChI is InChI=1S/C23H20N2O4/c26-21(16-5-6-19-15(13-16)7-10-24-19)25-11-8-23(9-12-25)14-18(22(27)28)17-3-1-2-4-20(17)29-23/h1-7,10,13-14,24H,8-9,11-12H2,(H,27,28). The van der Waals surface area contributed by atoms with Crippen LogP contribution in [-0.2, 0) is 4.79 Å². The number of hydrogen-bond acceptors (Lipinski definition) is 3. The van der Waals surface area contributed by atoms with Gasteiger partial charge in [0.2, 0.25) is 0 Å². The van der Waals surface area contributed by atoms with Crippen LogP contribution < -0.4 is 4.74 Å². The first-order valence-corrected chi connectivity index (χ1v) is 9.66. The van der Waals surface area contributed by atoms with Gasteiger partial charge in [0, 0.05) is 54.2 Å².